The van der Waals surface area contributed by atoms with Gasteiger partial charge in [0, 0.05) is 18.0 Å². The highest BCUT2D eigenvalue weighted by Gasteiger charge is 2.21. The van der Waals surface area contributed by atoms with E-state index in [4.69, 9.17) is 4.11 Å². The molecule has 2 atom stereocenters. The molecule has 0 aromatic heterocycles. The van der Waals surface area contributed by atoms with Crippen molar-refractivity contribution in [2.75, 3.05) is 7.05 Å². The Bertz CT molecular complexity index is 406. The highest BCUT2D eigenvalue weighted by molar-refractivity contribution is 5.73. The molecule has 1 aromatic rings. The molecular weight excluding hydrogens is 190 g/mol. The molecule has 1 rings (SSSR count). The Hall–Kier alpha value is -1.35. The molecule has 0 unspecified atom stereocenters. The molecule has 1 N–H and O–H groups in total. The molecule has 0 heterocycles. The highest BCUT2D eigenvalue weighted by Crippen LogP contribution is 2.19. The molecule has 0 spiro atoms. The van der Waals surface area contributed by atoms with E-state index in [1.165, 1.54) is 7.05 Å². The first-order chi connectivity index (χ1) is 8.25. The van der Waals surface area contributed by atoms with Crippen LogP contribution < -0.4 is 0 Å². The average Bonchev–Trinajstić information content (AvgIpc) is 2.35. The van der Waals surface area contributed by atoms with Crippen molar-refractivity contribution in [3.8, 4) is 0 Å². The molecule has 0 aliphatic carbocycles. The second kappa shape index (κ2) is 4.94. The minimum atomic E-state index is -2.68. The van der Waals surface area contributed by atoms with Crippen molar-refractivity contribution in [2.24, 2.45) is 0 Å². The van der Waals surface area contributed by atoms with Crippen LogP contribution in [0.3, 0.4) is 0 Å². The molecule has 1 aromatic carbocycles. The number of nitrogens with zero attached hydrogens (tertiary/aromatic N) is 1. The Morgan fingerprint density at radius 1 is 1.47 bits per heavy atom. The SMILES string of the molecule is [2H]C([2H])([2H])C(=O)N(C)[C@H](C)[C@@H](O)c1ccccc1. The summed E-state index contributed by atoms with van der Waals surface area (Å²) < 4.78 is 21.2. The van der Waals surface area contributed by atoms with Gasteiger partial charge in [-0.3, -0.25) is 4.79 Å². The number of likely N-dealkylation sites (N-methyl/N-ethyl adjacent to an activating group) is 1. The van der Waals surface area contributed by atoms with Crippen molar-refractivity contribution < 1.29 is 14.0 Å². The van der Waals surface area contributed by atoms with Gasteiger partial charge in [0.2, 0.25) is 5.91 Å². The summed E-state index contributed by atoms with van der Waals surface area (Å²) in [5.41, 5.74) is 0.648. The quantitative estimate of drug-likeness (QED) is 0.823. The highest BCUT2D eigenvalue weighted by atomic mass is 16.3. The van der Waals surface area contributed by atoms with E-state index in [0.717, 1.165) is 4.90 Å². The summed E-state index contributed by atoms with van der Waals surface area (Å²) in [6, 6.07) is 8.22. The maximum Gasteiger partial charge on any atom is 0.219 e. The summed E-state index contributed by atoms with van der Waals surface area (Å²) in [4.78, 5) is 12.7. The van der Waals surface area contributed by atoms with E-state index in [0.29, 0.717) is 5.56 Å². The lowest BCUT2D eigenvalue weighted by Gasteiger charge is -2.28. The number of aliphatic hydroxyl groups excluding tert-OH is 1. The van der Waals surface area contributed by atoms with Gasteiger partial charge in [0.25, 0.3) is 0 Å². The van der Waals surface area contributed by atoms with Gasteiger partial charge in [0.05, 0.1) is 12.1 Å². The zero-order valence-electron chi connectivity index (χ0n) is 11.8. The van der Waals surface area contributed by atoms with Crippen LogP contribution in [0.4, 0.5) is 0 Å². The van der Waals surface area contributed by atoms with Crippen LogP contribution >= 0.6 is 0 Å². The van der Waals surface area contributed by atoms with Gasteiger partial charge in [-0.2, -0.15) is 0 Å². The fraction of sp³-hybridized carbons (Fsp3) is 0.417. The Morgan fingerprint density at radius 3 is 2.60 bits per heavy atom. The van der Waals surface area contributed by atoms with Gasteiger partial charge in [-0.15, -0.1) is 0 Å². The third-order valence-electron chi connectivity index (χ3n) is 2.53. The number of amides is 1. The van der Waals surface area contributed by atoms with Gasteiger partial charge >= 0.3 is 0 Å². The van der Waals surface area contributed by atoms with E-state index in [9.17, 15) is 9.90 Å². The Kier molecular flexibility index (Phi) is 2.59. The molecule has 15 heavy (non-hydrogen) atoms. The lowest BCUT2D eigenvalue weighted by molar-refractivity contribution is -0.131. The Morgan fingerprint density at radius 2 is 2.07 bits per heavy atom. The van der Waals surface area contributed by atoms with Crippen LogP contribution in [0.15, 0.2) is 30.3 Å². The average molecular weight is 210 g/mol. The third-order valence-corrected chi connectivity index (χ3v) is 2.53. The van der Waals surface area contributed by atoms with Gasteiger partial charge < -0.3 is 10.0 Å². The van der Waals surface area contributed by atoms with Crippen LogP contribution in [0.5, 0.6) is 0 Å². The van der Waals surface area contributed by atoms with E-state index in [1.807, 2.05) is 6.07 Å². The van der Waals surface area contributed by atoms with E-state index in [-0.39, 0.29) is 0 Å². The fourth-order valence-corrected chi connectivity index (χ4v) is 1.33. The monoisotopic (exact) mass is 210 g/mol. The summed E-state index contributed by atoms with van der Waals surface area (Å²) in [5.74, 6) is -0.968. The largest absolute Gasteiger partial charge is 0.386 e. The first kappa shape index (κ1) is 7.88. The van der Waals surface area contributed by atoms with Crippen molar-refractivity contribution in [3.63, 3.8) is 0 Å². The Labute approximate surface area is 94.6 Å². The molecule has 82 valence electrons. The zero-order valence-corrected chi connectivity index (χ0v) is 8.84. The fourth-order valence-electron chi connectivity index (χ4n) is 1.33. The maximum absolute atomic E-state index is 11.6. The van der Waals surface area contributed by atoms with Gasteiger partial charge in [0.15, 0.2) is 0 Å². The second-order valence-corrected chi connectivity index (χ2v) is 3.51. The molecule has 1 amide bonds. The molecule has 0 aliphatic heterocycles. The molecule has 0 aliphatic rings. The number of benzene rings is 1. The number of carbonyl (C=O) groups excluding carboxylic acids is 1. The van der Waals surface area contributed by atoms with E-state index >= 15 is 0 Å². The molecule has 0 radical (unpaired) electrons. The number of hydrogen-bond acceptors (Lipinski definition) is 2. The molecule has 3 heteroatoms. The zero-order chi connectivity index (χ0) is 13.9. The normalized spacial score (nSPS) is 18.2. The van der Waals surface area contributed by atoms with Crippen LogP contribution in [0.1, 0.15) is 29.6 Å². The lowest BCUT2D eigenvalue weighted by Crippen LogP contribution is -2.37. The van der Waals surface area contributed by atoms with Crippen molar-refractivity contribution in [2.45, 2.75) is 25.9 Å². The maximum atomic E-state index is 11.6. The molecule has 0 saturated carbocycles. The van der Waals surface area contributed by atoms with Gasteiger partial charge in [0.1, 0.15) is 0 Å². The van der Waals surface area contributed by atoms with E-state index < -0.39 is 24.9 Å². The summed E-state index contributed by atoms with van der Waals surface area (Å²) in [7, 11) is 1.38. The smallest absolute Gasteiger partial charge is 0.219 e. The molecule has 0 bridgehead atoms. The van der Waals surface area contributed by atoms with Gasteiger partial charge in [-0.25, -0.2) is 0 Å². The van der Waals surface area contributed by atoms with Crippen LogP contribution in [0.25, 0.3) is 0 Å². The molecule has 3 nitrogen and oxygen atoms in total. The van der Waals surface area contributed by atoms with Crippen LogP contribution in [-0.2, 0) is 4.79 Å². The summed E-state index contributed by atoms with van der Waals surface area (Å²) in [6.07, 6.45) is -0.914. The summed E-state index contributed by atoms with van der Waals surface area (Å²) in [6.45, 7) is -1.07. The summed E-state index contributed by atoms with van der Waals surface area (Å²) in [5, 5.41) is 10.1. The third kappa shape index (κ3) is 2.80. The van der Waals surface area contributed by atoms with Crippen molar-refractivity contribution >= 4 is 5.91 Å². The number of rotatable bonds is 3. The summed E-state index contributed by atoms with van der Waals surface area (Å²) >= 11 is 0. The first-order valence-electron chi connectivity index (χ1n) is 6.25. The van der Waals surface area contributed by atoms with Crippen LogP contribution in [-0.4, -0.2) is 29.0 Å². The van der Waals surface area contributed by atoms with Crippen molar-refractivity contribution in [1.82, 2.24) is 4.90 Å². The topological polar surface area (TPSA) is 40.5 Å². The van der Waals surface area contributed by atoms with E-state index in [2.05, 4.69) is 0 Å². The standard InChI is InChI=1S/C12H17NO2/c1-9(13(3)10(2)14)12(15)11-7-5-4-6-8-11/h4-9,12,15H,1-3H3/t9-,12-/m1/s1/i2D3. The second-order valence-electron chi connectivity index (χ2n) is 3.51. The number of aliphatic hydroxyl groups is 1. The first-order valence-corrected chi connectivity index (χ1v) is 4.75. The van der Waals surface area contributed by atoms with E-state index in [1.54, 1.807) is 31.2 Å². The predicted molar refractivity (Wildman–Crippen MR) is 59.3 cm³/mol. The van der Waals surface area contributed by atoms with Gasteiger partial charge in [-0.1, -0.05) is 30.3 Å². The van der Waals surface area contributed by atoms with Crippen LogP contribution in [0, 0.1) is 0 Å². The minimum absolute atomic E-state index is 0.611. The molecular formula is C12H17NO2. The van der Waals surface area contributed by atoms with Crippen molar-refractivity contribution in [1.29, 1.82) is 0 Å². The molecule has 0 fully saturated rings. The number of hydrogen-bond donors (Lipinski definition) is 1. The minimum Gasteiger partial charge on any atom is -0.386 e. The lowest BCUT2D eigenvalue weighted by atomic mass is 10.0. The molecule has 0 saturated heterocycles. The van der Waals surface area contributed by atoms with Crippen LogP contribution in [0.2, 0.25) is 0 Å². The van der Waals surface area contributed by atoms with Gasteiger partial charge in [-0.05, 0) is 12.5 Å². The van der Waals surface area contributed by atoms with Crippen molar-refractivity contribution in [3.05, 3.63) is 35.9 Å². The Balaban J connectivity index is 2.82. The number of carbonyl (C=O) groups is 1. The predicted octanol–water partition coefficient (Wildman–Crippen LogP) is 1.59.